The van der Waals surface area contributed by atoms with Crippen molar-refractivity contribution in [3.05, 3.63) is 69.2 Å². The largest absolute Gasteiger partial charge is 0.288 e. The summed E-state index contributed by atoms with van der Waals surface area (Å²) in [7, 11) is -3.80. The number of nitrogens with one attached hydrogen (secondary N) is 2. The van der Waals surface area contributed by atoms with E-state index in [0.717, 1.165) is 0 Å². The van der Waals surface area contributed by atoms with Gasteiger partial charge in [-0.3, -0.25) is 14.9 Å². The van der Waals surface area contributed by atoms with E-state index in [2.05, 4.69) is 15.2 Å². The van der Waals surface area contributed by atoms with Gasteiger partial charge in [0.05, 0.1) is 22.6 Å². The molecular weight excluding hydrogens is 384 g/mol. The molecule has 2 aromatic carbocycles. The molecule has 26 heavy (non-hydrogen) atoms. The van der Waals surface area contributed by atoms with Crippen LogP contribution in [0.5, 0.6) is 0 Å². The van der Waals surface area contributed by atoms with Crippen LogP contribution >= 0.6 is 11.6 Å². The fraction of sp³-hybridized carbons (Fsp3) is 0.0667. The average Bonchev–Trinajstić information content (AvgIpc) is 2.62. The van der Waals surface area contributed by atoms with Gasteiger partial charge in [0.15, 0.2) is 0 Å². The highest BCUT2D eigenvalue weighted by molar-refractivity contribution is 7.89. The minimum absolute atomic E-state index is 0.0218. The predicted octanol–water partition coefficient (Wildman–Crippen LogP) is 1.68. The van der Waals surface area contributed by atoms with Crippen LogP contribution in [0.25, 0.3) is 0 Å². The van der Waals surface area contributed by atoms with Gasteiger partial charge < -0.3 is 0 Å². The van der Waals surface area contributed by atoms with E-state index in [1.807, 2.05) is 0 Å². The standard InChI is InChI=1S/C15H13ClN4O5S/c16-13-7-6-11(8-14(13)20(22)23)9-17-19-15(21)10-18-26(24,25)12-4-2-1-3-5-12/h1-9,18H,10H2,(H,19,21). The molecule has 0 radical (unpaired) electrons. The van der Waals surface area contributed by atoms with E-state index in [9.17, 15) is 23.3 Å². The molecule has 0 atom stereocenters. The van der Waals surface area contributed by atoms with Crippen molar-refractivity contribution in [3.8, 4) is 0 Å². The Balaban J connectivity index is 1.92. The third kappa shape index (κ3) is 5.34. The van der Waals surface area contributed by atoms with E-state index < -0.39 is 27.4 Å². The van der Waals surface area contributed by atoms with Gasteiger partial charge in [-0.1, -0.05) is 35.9 Å². The molecule has 0 bridgehead atoms. The summed E-state index contributed by atoms with van der Waals surface area (Å²) >= 11 is 5.69. The summed E-state index contributed by atoms with van der Waals surface area (Å²) in [4.78, 5) is 21.8. The molecule has 2 aromatic rings. The molecule has 0 unspecified atom stereocenters. The lowest BCUT2D eigenvalue weighted by atomic mass is 10.2. The summed E-state index contributed by atoms with van der Waals surface area (Å²) in [5, 5.41) is 14.4. The molecule has 136 valence electrons. The minimum Gasteiger partial charge on any atom is -0.272 e. The first kappa shape index (κ1) is 19.5. The molecule has 0 spiro atoms. The summed E-state index contributed by atoms with van der Waals surface area (Å²) in [6.07, 6.45) is 1.17. The monoisotopic (exact) mass is 396 g/mol. The smallest absolute Gasteiger partial charge is 0.272 e. The molecule has 0 fully saturated rings. The second kappa shape index (κ2) is 8.52. The molecule has 0 heterocycles. The Kier molecular flexibility index (Phi) is 6.39. The zero-order chi connectivity index (χ0) is 19.2. The normalized spacial score (nSPS) is 11.4. The number of rotatable bonds is 7. The second-order valence-corrected chi connectivity index (χ2v) is 7.07. The summed E-state index contributed by atoms with van der Waals surface area (Å²) < 4.78 is 26.1. The van der Waals surface area contributed by atoms with Crippen LogP contribution in [0, 0.1) is 10.1 Å². The number of nitro groups is 1. The summed E-state index contributed by atoms with van der Waals surface area (Å²) in [5.41, 5.74) is 2.16. The van der Waals surface area contributed by atoms with Crippen molar-refractivity contribution in [1.82, 2.24) is 10.1 Å². The summed E-state index contributed by atoms with van der Waals surface area (Å²) in [6, 6.07) is 11.6. The predicted molar refractivity (Wildman–Crippen MR) is 95.5 cm³/mol. The first-order chi connectivity index (χ1) is 12.3. The SMILES string of the molecule is O=C(CNS(=O)(=O)c1ccccc1)NN=Cc1ccc(Cl)c([N+](=O)[O-])c1. The highest BCUT2D eigenvalue weighted by Crippen LogP contribution is 2.24. The number of benzene rings is 2. The molecule has 1 amide bonds. The lowest BCUT2D eigenvalue weighted by molar-refractivity contribution is -0.384. The van der Waals surface area contributed by atoms with Crippen LogP contribution in [0.1, 0.15) is 5.56 Å². The van der Waals surface area contributed by atoms with Gasteiger partial charge in [0.1, 0.15) is 5.02 Å². The van der Waals surface area contributed by atoms with Crippen molar-refractivity contribution < 1.29 is 18.1 Å². The van der Waals surface area contributed by atoms with Crippen LogP contribution in [0.3, 0.4) is 0 Å². The molecular formula is C15H13ClN4O5S. The van der Waals surface area contributed by atoms with E-state index in [1.54, 1.807) is 18.2 Å². The average molecular weight is 397 g/mol. The second-order valence-electron chi connectivity index (χ2n) is 4.90. The van der Waals surface area contributed by atoms with Crippen LogP contribution in [0.4, 0.5) is 5.69 Å². The van der Waals surface area contributed by atoms with Gasteiger partial charge in [0.25, 0.3) is 11.6 Å². The van der Waals surface area contributed by atoms with Gasteiger partial charge in [0, 0.05) is 11.6 Å². The van der Waals surface area contributed by atoms with Gasteiger partial charge in [-0.15, -0.1) is 0 Å². The quantitative estimate of drug-likeness (QED) is 0.417. The van der Waals surface area contributed by atoms with Gasteiger partial charge in [0.2, 0.25) is 10.0 Å². The summed E-state index contributed by atoms with van der Waals surface area (Å²) in [6.45, 7) is -0.519. The number of halogens is 1. The Labute approximate surface area is 153 Å². The molecule has 0 aliphatic heterocycles. The number of carbonyl (C=O) groups excluding carboxylic acids is 1. The molecule has 0 saturated heterocycles. The minimum atomic E-state index is -3.80. The molecule has 0 aliphatic carbocycles. The highest BCUT2D eigenvalue weighted by atomic mass is 35.5. The fourth-order valence-corrected chi connectivity index (χ4v) is 3.00. The van der Waals surface area contributed by atoms with E-state index in [0.29, 0.717) is 5.56 Å². The number of carbonyl (C=O) groups is 1. The maximum atomic E-state index is 12.0. The zero-order valence-electron chi connectivity index (χ0n) is 13.1. The lowest BCUT2D eigenvalue weighted by Gasteiger charge is -2.05. The topological polar surface area (TPSA) is 131 Å². The molecule has 11 heteroatoms. The van der Waals surface area contributed by atoms with Gasteiger partial charge in [-0.25, -0.2) is 18.6 Å². The number of nitro benzene ring substituents is 1. The number of sulfonamides is 1. The Hall–Kier alpha value is -2.82. The molecule has 0 aliphatic rings. The number of amides is 1. The van der Waals surface area contributed by atoms with E-state index in [-0.39, 0.29) is 15.6 Å². The maximum absolute atomic E-state index is 12.0. The Morgan fingerprint density at radius 1 is 1.23 bits per heavy atom. The molecule has 9 nitrogen and oxygen atoms in total. The van der Waals surface area contributed by atoms with Crippen LogP contribution in [0.15, 0.2) is 58.5 Å². The van der Waals surface area contributed by atoms with E-state index in [1.165, 1.54) is 36.5 Å². The van der Waals surface area contributed by atoms with Crippen molar-refractivity contribution in [2.75, 3.05) is 6.54 Å². The van der Waals surface area contributed by atoms with Crippen LogP contribution in [0.2, 0.25) is 5.02 Å². The highest BCUT2D eigenvalue weighted by Gasteiger charge is 2.15. The van der Waals surface area contributed by atoms with Crippen LogP contribution in [-0.2, 0) is 14.8 Å². The van der Waals surface area contributed by atoms with E-state index in [4.69, 9.17) is 11.6 Å². The third-order valence-electron chi connectivity index (χ3n) is 3.05. The molecule has 2 N–H and O–H groups in total. The Bertz CT molecular complexity index is 948. The van der Waals surface area contributed by atoms with E-state index >= 15 is 0 Å². The Morgan fingerprint density at radius 3 is 2.58 bits per heavy atom. The number of hydrazone groups is 1. The first-order valence-electron chi connectivity index (χ1n) is 7.10. The first-order valence-corrected chi connectivity index (χ1v) is 8.96. The molecule has 2 rings (SSSR count). The van der Waals surface area contributed by atoms with Gasteiger partial charge in [-0.05, 0) is 18.2 Å². The lowest BCUT2D eigenvalue weighted by Crippen LogP contribution is -2.34. The molecule has 0 aromatic heterocycles. The van der Waals surface area contributed by atoms with Gasteiger partial charge >= 0.3 is 0 Å². The zero-order valence-corrected chi connectivity index (χ0v) is 14.7. The van der Waals surface area contributed by atoms with Crippen LogP contribution in [-0.4, -0.2) is 32.0 Å². The van der Waals surface area contributed by atoms with Gasteiger partial charge in [-0.2, -0.15) is 5.10 Å². The van der Waals surface area contributed by atoms with Crippen molar-refractivity contribution in [1.29, 1.82) is 0 Å². The number of nitrogens with zero attached hydrogens (tertiary/aromatic N) is 2. The molecule has 0 saturated carbocycles. The van der Waals surface area contributed by atoms with Crippen molar-refractivity contribution >= 4 is 39.4 Å². The van der Waals surface area contributed by atoms with Crippen LogP contribution < -0.4 is 10.1 Å². The maximum Gasteiger partial charge on any atom is 0.288 e. The summed E-state index contributed by atoms with van der Waals surface area (Å²) in [5.74, 6) is -0.704. The third-order valence-corrected chi connectivity index (χ3v) is 4.78. The number of hydrogen-bond acceptors (Lipinski definition) is 6. The fourth-order valence-electron chi connectivity index (χ4n) is 1.81. The van der Waals surface area contributed by atoms with Crippen molar-refractivity contribution in [2.24, 2.45) is 5.10 Å². The number of hydrogen-bond donors (Lipinski definition) is 2. The van der Waals surface area contributed by atoms with Crippen molar-refractivity contribution in [2.45, 2.75) is 4.90 Å². The van der Waals surface area contributed by atoms with Crippen molar-refractivity contribution in [3.63, 3.8) is 0 Å². The Morgan fingerprint density at radius 2 is 1.92 bits per heavy atom.